The van der Waals surface area contributed by atoms with Gasteiger partial charge in [-0.15, -0.1) is 0 Å². The molecule has 1 aliphatic heterocycles. The van der Waals surface area contributed by atoms with E-state index in [2.05, 4.69) is 10.6 Å². The third kappa shape index (κ3) is 3.89. The monoisotopic (exact) mass is 359 g/mol. The summed E-state index contributed by atoms with van der Waals surface area (Å²) in [5, 5.41) is 5.46. The number of hydrogen-bond acceptors (Lipinski definition) is 3. The molecule has 2 atom stereocenters. The molecule has 6 nitrogen and oxygen atoms in total. The lowest BCUT2D eigenvalue weighted by Crippen LogP contribution is -2.72. The molecule has 3 amide bonds. The number of carbonyl (C=O) groups is 3. The molecule has 1 unspecified atom stereocenters. The highest BCUT2D eigenvalue weighted by Crippen LogP contribution is 2.35. The van der Waals surface area contributed by atoms with Crippen molar-refractivity contribution < 1.29 is 14.4 Å². The average molecular weight is 359 g/mol. The predicted octanol–water partition coefficient (Wildman–Crippen LogP) is 1.50. The van der Waals surface area contributed by atoms with Crippen LogP contribution in [0.5, 0.6) is 0 Å². The Kier molecular flexibility index (Phi) is 5.74. The van der Waals surface area contributed by atoms with Crippen LogP contribution in [-0.2, 0) is 20.8 Å². The maximum absolute atomic E-state index is 12.9. The Hall–Kier alpha value is -2.37. The fourth-order valence-corrected chi connectivity index (χ4v) is 3.19. The second-order valence-corrected chi connectivity index (χ2v) is 7.96. The Morgan fingerprint density at radius 2 is 1.81 bits per heavy atom. The lowest BCUT2D eigenvalue weighted by molar-refractivity contribution is -0.161. The lowest BCUT2D eigenvalue weighted by Gasteiger charge is -2.52. The van der Waals surface area contributed by atoms with Crippen LogP contribution in [0.4, 0.5) is 0 Å². The number of nitrogens with zero attached hydrogens (tertiary/aromatic N) is 1. The molecule has 0 bridgehead atoms. The molecular weight excluding hydrogens is 330 g/mol. The zero-order valence-corrected chi connectivity index (χ0v) is 16.3. The molecular formula is C20H29N3O3. The first kappa shape index (κ1) is 19.9. The molecule has 1 aromatic rings. The van der Waals surface area contributed by atoms with Gasteiger partial charge in [-0.05, 0) is 18.9 Å². The quantitative estimate of drug-likeness (QED) is 0.836. The molecule has 1 fully saturated rings. The van der Waals surface area contributed by atoms with Gasteiger partial charge >= 0.3 is 0 Å². The van der Waals surface area contributed by atoms with Crippen molar-refractivity contribution in [2.24, 2.45) is 5.41 Å². The Morgan fingerprint density at radius 1 is 1.19 bits per heavy atom. The highest BCUT2D eigenvalue weighted by atomic mass is 16.2. The van der Waals surface area contributed by atoms with Crippen LogP contribution in [0.25, 0.3) is 0 Å². The molecule has 6 heteroatoms. The van der Waals surface area contributed by atoms with E-state index in [1.807, 2.05) is 30.3 Å². The second-order valence-electron chi connectivity index (χ2n) is 7.96. The standard InChI is InChI=1S/C20H29N3O3/c1-14(22-17(25)19(2,3)4)16(24)23-12-11-20(23,18(26)21-5)13-15-9-7-6-8-10-15/h6-10,14H,11-13H2,1-5H3,(H,21,26)(H,22,25)/t14-,20?/m0/s1. The molecule has 1 aliphatic rings. The molecule has 0 aromatic heterocycles. The zero-order chi connectivity index (χ0) is 19.5. The Morgan fingerprint density at radius 3 is 2.27 bits per heavy atom. The number of likely N-dealkylation sites (N-methyl/N-ethyl adjacent to an activating group) is 1. The number of hydrogen-bond donors (Lipinski definition) is 2. The van der Waals surface area contributed by atoms with Crippen molar-refractivity contribution >= 4 is 17.7 Å². The normalized spacial score (nSPS) is 20.7. The molecule has 2 N–H and O–H groups in total. The lowest BCUT2D eigenvalue weighted by atomic mass is 9.77. The van der Waals surface area contributed by atoms with Crippen LogP contribution in [-0.4, -0.2) is 47.8 Å². The van der Waals surface area contributed by atoms with Gasteiger partial charge < -0.3 is 15.5 Å². The number of nitrogens with one attached hydrogen (secondary N) is 2. The van der Waals surface area contributed by atoms with Gasteiger partial charge in [0.1, 0.15) is 11.6 Å². The number of likely N-dealkylation sites (tertiary alicyclic amines) is 1. The van der Waals surface area contributed by atoms with Gasteiger partial charge in [-0.1, -0.05) is 51.1 Å². The summed E-state index contributed by atoms with van der Waals surface area (Å²) in [6.45, 7) is 7.57. The summed E-state index contributed by atoms with van der Waals surface area (Å²) in [5.74, 6) is -0.587. The van der Waals surface area contributed by atoms with Crippen LogP contribution in [0.3, 0.4) is 0 Å². The molecule has 0 radical (unpaired) electrons. The van der Waals surface area contributed by atoms with Crippen LogP contribution < -0.4 is 10.6 Å². The van der Waals surface area contributed by atoms with Crippen molar-refractivity contribution in [1.29, 1.82) is 0 Å². The van der Waals surface area contributed by atoms with Crippen LogP contribution in [0.1, 0.15) is 39.7 Å². The Labute approximate surface area is 155 Å². The van der Waals surface area contributed by atoms with Gasteiger partial charge in [0.25, 0.3) is 0 Å². The second kappa shape index (κ2) is 7.48. The Balaban J connectivity index is 2.19. The smallest absolute Gasteiger partial charge is 0.246 e. The van der Waals surface area contributed by atoms with Gasteiger partial charge in [0.2, 0.25) is 17.7 Å². The van der Waals surface area contributed by atoms with Crippen LogP contribution in [0, 0.1) is 5.41 Å². The van der Waals surface area contributed by atoms with E-state index in [1.54, 1.807) is 39.6 Å². The summed E-state index contributed by atoms with van der Waals surface area (Å²) >= 11 is 0. The van der Waals surface area contributed by atoms with Gasteiger partial charge in [-0.2, -0.15) is 0 Å². The largest absolute Gasteiger partial charge is 0.357 e. The molecule has 0 spiro atoms. The van der Waals surface area contributed by atoms with Gasteiger partial charge in [0.05, 0.1) is 0 Å². The molecule has 2 rings (SSSR count). The molecule has 0 aliphatic carbocycles. The van der Waals surface area contributed by atoms with Gasteiger partial charge in [-0.3, -0.25) is 14.4 Å². The van der Waals surface area contributed by atoms with Crippen LogP contribution >= 0.6 is 0 Å². The first-order valence-corrected chi connectivity index (χ1v) is 9.00. The summed E-state index contributed by atoms with van der Waals surface area (Å²) in [5.41, 5.74) is -0.473. The van der Waals surface area contributed by atoms with Gasteiger partial charge in [-0.25, -0.2) is 0 Å². The Bertz CT molecular complexity index is 681. The van der Waals surface area contributed by atoms with E-state index in [9.17, 15) is 14.4 Å². The fourth-order valence-electron chi connectivity index (χ4n) is 3.19. The number of carbonyl (C=O) groups excluding carboxylic acids is 3. The first-order chi connectivity index (χ1) is 12.1. The van der Waals surface area contributed by atoms with Crippen molar-refractivity contribution in [2.75, 3.05) is 13.6 Å². The SMILES string of the molecule is CNC(=O)C1(Cc2ccccc2)CCN1C(=O)[C@H](C)NC(=O)C(C)(C)C. The highest BCUT2D eigenvalue weighted by molar-refractivity contribution is 5.96. The first-order valence-electron chi connectivity index (χ1n) is 9.00. The molecule has 26 heavy (non-hydrogen) atoms. The summed E-state index contributed by atoms with van der Waals surface area (Å²) in [7, 11) is 1.58. The van der Waals surface area contributed by atoms with Crippen molar-refractivity contribution in [3.63, 3.8) is 0 Å². The third-order valence-electron chi connectivity index (χ3n) is 4.92. The summed E-state index contributed by atoms with van der Waals surface area (Å²) in [6.07, 6.45) is 1.06. The maximum atomic E-state index is 12.9. The van der Waals surface area contributed by atoms with Crippen molar-refractivity contribution in [3.8, 4) is 0 Å². The predicted molar refractivity (Wildman–Crippen MR) is 100 cm³/mol. The molecule has 1 heterocycles. The minimum absolute atomic E-state index is 0.171. The van der Waals surface area contributed by atoms with Crippen molar-refractivity contribution in [2.45, 2.75) is 52.1 Å². The van der Waals surface area contributed by atoms with Crippen molar-refractivity contribution in [1.82, 2.24) is 15.5 Å². The van der Waals surface area contributed by atoms with E-state index in [0.717, 1.165) is 5.56 Å². The molecule has 142 valence electrons. The summed E-state index contributed by atoms with van der Waals surface area (Å²) in [6, 6.07) is 8.99. The van der Waals surface area contributed by atoms with E-state index in [4.69, 9.17) is 0 Å². The third-order valence-corrected chi connectivity index (χ3v) is 4.92. The molecule has 1 aromatic carbocycles. The number of rotatable bonds is 5. The average Bonchev–Trinajstić information content (AvgIpc) is 2.57. The minimum Gasteiger partial charge on any atom is -0.357 e. The van der Waals surface area contributed by atoms with E-state index in [-0.39, 0.29) is 17.7 Å². The maximum Gasteiger partial charge on any atom is 0.246 e. The topological polar surface area (TPSA) is 78.5 Å². The van der Waals surface area contributed by atoms with Crippen LogP contribution in [0.2, 0.25) is 0 Å². The van der Waals surface area contributed by atoms with E-state index < -0.39 is 17.0 Å². The van der Waals surface area contributed by atoms with E-state index in [1.165, 1.54) is 0 Å². The zero-order valence-electron chi connectivity index (χ0n) is 16.3. The molecule has 1 saturated heterocycles. The van der Waals surface area contributed by atoms with Gasteiger partial charge in [0.15, 0.2) is 0 Å². The minimum atomic E-state index is -0.895. The van der Waals surface area contributed by atoms with E-state index in [0.29, 0.717) is 19.4 Å². The van der Waals surface area contributed by atoms with Crippen LogP contribution in [0.15, 0.2) is 30.3 Å². The van der Waals surface area contributed by atoms with Crippen molar-refractivity contribution in [3.05, 3.63) is 35.9 Å². The summed E-state index contributed by atoms with van der Waals surface area (Å²) < 4.78 is 0. The fraction of sp³-hybridized carbons (Fsp3) is 0.550. The highest BCUT2D eigenvalue weighted by Gasteiger charge is 2.53. The molecule has 0 saturated carbocycles. The number of benzene rings is 1. The van der Waals surface area contributed by atoms with Gasteiger partial charge in [0, 0.05) is 25.4 Å². The van der Waals surface area contributed by atoms with E-state index >= 15 is 0 Å². The summed E-state index contributed by atoms with van der Waals surface area (Å²) in [4.78, 5) is 39.4. The number of amides is 3.